The molecule has 0 aliphatic carbocycles. The Morgan fingerprint density at radius 2 is 0.917 bits per heavy atom. The van der Waals surface area contributed by atoms with Crippen LogP contribution in [0.25, 0.3) is 0 Å². The predicted molar refractivity (Wildman–Crippen MR) is 47.6 cm³/mol. The van der Waals surface area contributed by atoms with Gasteiger partial charge in [0.25, 0.3) is 0 Å². The van der Waals surface area contributed by atoms with Crippen LogP contribution in [-0.4, -0.2) is 20.4 Å². The molecule has 12 heavy (non-hydrogen) atoms. The van der Waals surface area contributed by atoms with Crippen LogP contribution in [0.15, 0.2) is 12.1 Å². The second-order valence-corrected chi connectivity index (χ2v) is 1.80. The quantitative estimate of drug-likeness (QED) is 0.389. The average Bonchev–Trinajstić information content (AvgIpc) is 1.93. The monoisotopic (exact) mass is 214 g/mol. The first-order valence-electron chi connectivity index (χ1n) is 2.56. The van der Waals surface area contributed by atoms with Gasteiger partial charge >= 0.3 is 0 Å². The maximum absolute atomic E-state index is 8.73. The van der Waals surface area contributed by atoms with E-state index in [1.807, 2.05) is 0 Å². The van der Waals surface area contributed by atoms with Crippen LogP contribution >= 0.6 is 24.8 Å². The second-order valence-electron chi connectivity index (χ2n) is 1.80. The van der Waals surface area contributed by atoms with E-state index in [1.165, 1.54) is 0 Å². The van der Waals surface area contributed by atoms with Crippen molar-refractivity contribution < 1.29 is 20.4 Å². The summed E-state index contributed by atoms with van der Waals surface area (Å²) in [7, 11) is 0. The van der Waals surface area contributed by atoms with Crippen LogP contribution in [-0.2, 0) is 0 Å². The Balaban J connectivity index is 0. The lowest BCUT2D eigenvalue weighted by molar-refractivity contribution is 0.346. The van der Waals surface area contributed by atoms with E-state index < -0.39 is 23.0 Å². The third kappa shape index (κ3) is 2.25. The molecule has 0 aromatic heterocycles. The molecule has 0 bridgehead atoms. The summed E-state index contributed by atoms with van der Waals surface area (Å²) >= 11 is 0. The third-order valence-electron chi connectivity index (χ3n) is 1.11. The zero-order chi connectivity index (χ0) is 7.72. The minimum atomic E-state index is -0.708. The molecule has 1 aromatic carbocycles. The number of phenolic OH excluding ortho intramolecular Hbond substituents is 4. The van der Waals surface area contributed by atoms with Crippen molar-refractivity contribution >= 4 is 24.8 Å². The van der Waals surface area contributed by atoms with Crippen LogP contribution in [0.5, 0.6) is 23.0 Å². The number of benzene rings is 1. The average molecular weight is 215 g/mol. The highest BCUT2D eigenvalue weighted by Crippen LogP contribution is 2.40. The van der Waals surface area contributed by atoms with Gasteiger partial charge in [-0.05, 0) is 12.1 Å². The van der Waals surface area contributed by atoms with E-state index in [0.29, 0.717) is 0 Å². The van der Waals surface area contributed by atoms with Gasteiger partial charge in [-0.3, -0.25) is 0 Å². The van der Waals surface area contributed by atoms with Gasteiger partial charge in [0, 0.05) is 0 Å². The van der Waals surface area contributed by atoms with E-state index >= 15 is 0 Å². The summed E-state index contributed by atoms with van der Waals surface area (Å²) in [6.45, 7) is 0. The van der Waals surface area contributed by atoms with Crippen molar-refractivity contribution in [1.29, 1.82) is 0 Å². The first-order valence-corrected chi connectivity index (χ1v) is 2.56. The Bertz CT molecular complexity index is 237. The molecule has 0 spiro atoms. The molecule has 0 atom stereocenters. The molecular weight excluding hydrogens is 207 g/mol. The molecule has 1 rings (SSSR count). The molecule has 4 N–H and O–H groups in total. The van der Waals surface area contributed by atoms with Crippen molar-refractivity contribution in [2.24, 2.45) is 0 Å². The van der Waals surface area contributed by atoms with Gasteiger partial charge in [0.1, 0.15) is 0 Å². The Hall–Kier alpha value is -1.00. The molecule has 0 saturated heterocycles. The van der Waals surface area contributed by atoms with Gasteiger partial charge in [0.05, 0.1) is 0 Å². The first-order chi connectivity index (χ1) is 4.63. The Labute approximate surface area is 80.9 Å². The van der Waals surface area contributed by atoms with Crippen LogP contribution in [0.3, 0.4) is 0 Å². The van der Waals surface area contributed by atoms with Gasteiger partial charge in [-0.15, -0.1) is 24.8 Å². The molecule has 0 aliphatic heterocycles. The van der Waals surface area contributed by atoms with Crippen LogP contribution in [0.4, 0.5) is 0 Å². The van der Waals surface area contributed by atoms with Gasteiger partial charge in [-0.25, -0.2) is 0 Å². The molecule has 0 saturated carbocycles. The van der Waals surface area contributed by atoms with Crippen LogP contribution < -0.4 is 0 Å². The molecule has 1 aromatic rings. The largest absolute Gasteiger partial charge is 0.504 e. The highest BCUT2D eigenvalue weighted by molar-refractivity contribution is 5.85. The SMILES string of the molecule is Cl.Cl.Oc1ccc(O)c(O)c1O. The van der Waals surface area contributed by atoms with Crippen LogP contribution in [0, 0.1) is 0 Å². The minimum Gasteiger partial charge on any atom is -0.504 e. The lowest BCUT2D eigenvalue weighted by Crippen LogP contribution is -1.71. The van der Waals surface area contributed by atoms with Gasteiger partial charge in [-0.2, -0.15) is 0 Å². The topological polar surface area (TPSA) is 80.9 Å². The Kier molecular flexibility index (Phi) is 5.42. The van der Waals surface area contributed by atoms with Gasteiger partial charge < -0.3 is 20.4 Å². The smallest absolute Gasteiger partial charge is 0.204 e. The minimum absolute atomic E-state index is 0. The maximum Gasteiger partial charge on any atom is 0.204 e. The fraction of sp³-hybridized carbons (Fsp3) is 0. The van der Waals surface area contributed by atoms with Crippen molar-refractivity contribution in [2.75, 3.05) is 0 Å². The van der Waals surface area contributed by atoms with Crippen molar-refractivity contribution in [3.8, 4) is 23.0 Å². The van der Waals surface area contributed by atoms with Crippen molar-refractivity contribution in [3.63, 3.8) is 0 Å². The summed E-state index contributed by atoms with van der Waals surface area (Å²) in [6.07, 6.45) is 0. The summed E-state index contributed by atoms with van der Waals surface area (Å²) in [5.74, 6) is -2.34. The number of rotatable bonds is 0. The lowest BCUT2D eigenvalue weighted by Gasteiger charge is -2.00. The fourth-order valence-electron chi connectivity index (χ4n) is 0.558. The summed E-state index contributed by atoms with van der Waals surface area (Å²) in [5.41, 5.74) is 0. The van der Waals surface area contributed by atoms with E-state index in [4.69, 9.17) is 20.4 Å². The highest BCUT2D eigenvalue weighted by Gasteiger charge is 2.08. The summed E-state index contributed by atoms with van der Waals surface area (Å²) < 4.78 is 0. The van der Waals surface area contributed by atoms with Gasteiger partial charge in [0.2, 0.25) is 11.5 Å². The van der Waals surface area contributed by atoms with Gasteiger partial charge in [-0.1, -0.05) is 0 Å². The van der Waals surface area contributed by atoms with Gasteiger partial charge in [0.15, 0.2) is 11.5 Å². The predicted octanol–water partition coefficient (Wildman–Crippen LogP) is 1.35. The molecule has 0 unspecified atom stereocenters. The molecule has 0 radical (unpaired) electrons. The second kappa shape index (κ2) is 4.79. The van der Waals surface area contributed by atoms with E-state index in [0.717, 1.165) is 12.1 Å². The van der Waals surface area contributed by atoms with E-state index in [-0.39, 0.29) is 24.8 Å². The number of hydrogen-bond donors (Lipinski definition) is 4. The third-order valence-corrected chi connectivity index (χ3v) is 1.11. The first kappa shape index (κ1) is 13.6. The summed E-state index contributed by atoms with van der Waals surface area (Å²) in [5, 5.41) is 34.9. The van der Waals surface area contributed by atoms with Crippen molar-refractivity contribution in [1.82, 2.24) is 0 Å². The lowest BCUT2D eigenvalue weighted by atomic mass is 10.3. The molecule has 0 amide bonds. The van der Waals surface area contributed by atoms with E-state index in [1.54, 1.807) is 0 Å². The normalized spacial score (nSPS) is 8.00. The number of hydrogen-bond acceptors (Lipinski definition) is 4. The molecule has 0 aliphatic rings. The zero-order valence-corrected chi connectivity index (χ0v) is 7.39. The molecular formula is C6H8Cl2O4. The molecule has 70 valence electrons. The van der Waals surface area contributed by atoms with E-state index in [9.17, 15) is 0 Å². The highest BCUT2D eigenvalue weighted by atomic mass is 35.5. The fourth-order valence-corrected chi connectivity index (χ4v) is 0.558. The zero-order valence-electron chi connectivity index (χ0n) is 5.76. The molecule has 4 nitrogen and oxygen atoms in total. The van der Waals surface area contributed by atoms with Crippen molar-refractivity contribution in [2.45, 2.75) is 0 Å². The summed E-state index contributed by atoms with van der Waals surface area (Å²) in [6, 6.07) is 2.15. The standard InChI is InChI=1S/C6H6O4.2ClH/c7-3-1-2-4(8)6(10)5(3)9;;/h1-2,7-10H;2*1H. The maximum atomic E-state index is 8.73. The van der Waals surface area contributed by atoms with Crippen molar-refractivity contribution in [3.05, 3.63) is 12.1 Å². The number of halogens is 2. The Morgan fingerprint density at radius 1 is 0.667 bits per heavy atom. The molecule has 6 heteroatoms. The number of aromatic hydroxyl groups is 4. The molecule has 0 heterocycles. The van der Waals surface area contributed by atoms with Crippen LogP contribution in [0.2, 0.25) is 0 Å². The van der Waals surface area contributed by atoms with Crippen LogP contribution in [0.1, 0.15) is 0 Å². The Morgan fingerprint density at radius 3 is 1.17 bits per heavy atom. The van der Waals surface area contributed by atoms with E-state index in [2.05, 4.69) is 0 Å². The molecule has 0 fully saturated rings. The number of phenols is 4. The summed E-state index contributed by atoms with van der Waals surface area (Å²) in [4.78, 5) is 0.